The van der Waals surface area contributed by atoms with Crippen molar-refractivity contribution in [3.05, 3.63) is 63.7 Å². The number of pyridine rings is 1. The van der Waals surface area contributed by atoms with Crippen LogP contribution in [0.25, 0.3) is 0 Å². The highest BCUT2D eigenvalue weighted by Gasteiger charge is 2.24. The monoisotopic (exact) mass is 445 g/mol. The van der Waals surface area contributed by atoms with Gasteiger partial charge in [-0.25, -0.2) is 4.98 Å². The van der Waals surface area contributed by atoms with E-state index in [0.29, 0.717) is 23.8 Å². The van der Waals surface area contributed by atoms with Gasteiger partial charge in [0, 0.05) is 23.8 Å². The Hall–Kier alpha value is -2.36. The third kappa shape index (κ3) is 4.15. The van der Waals surface area contributed by atoms with Crippen LogP contribution in [0.2, 0.25) is 0 Å². The van der Waals surface area contributed by atoms with E-state index in [2.05, 4.69) is 47.4 Å². The van der Waals surface area contributed by atoms with Crippen LogP contribution in [0.5, 0.6) is 0 Å². The summed E-state index contributed by atoms with van der Waals surface area (Å²) in [5, 5.41) is 10.7. The first-order valence-corrected chi connectivity index (χ1v) is 10.0. The van der Waals surface area contributed by atoms with Gasteiger partial charge in [0.1, 0.15) is 17.4 Å². The molecule has 1 aromatic carbocycles. The lowest BCUT2D eigenvalue weighted by molar-refractivity contribution is 0.0391. The first kappa shape index (κ1) is 18.0. The van der Waals surface area contributed by atoms with Crippen molar-refractivity contribution in [2.75, 3.05) is 29.9 Å². The Balaban J connectivity index is 1.45. The maximum atomic E-state index is 12.2. The topological polar surface area (TPSA) is 80.2 Å². The van der Waals surface area contributed by atoms with Crippen molar-refractivity contribution in [3.8, 4) is 0 Å². The van der Waals surface area contributed by atoms with E-state index in [4.69, 9.17) is 4.74 Å². The van der Waals surface area contributed by atoms with Gasteiger partial charge in [-0.15, -0.1) is 10.2 Å². The third-order valence-electron chi connectivity index (χ3n) is 4.23. The van der Waals surface area contributed by atoms with Gasteiger partial charge in [0.05, 0.1) is 12.2 Å². The lowest BCUT2D eigenvalue weighted by Gasteiger charge is -2.34. The van der Waals surface area contributed by atoms with Crippen LogP contribution in [0.1, 0.15) is 22.0 Å². The normalized spacial score (nSPS) is 16.9. The molecule has 1 saturated heterocycles. The highest BCUT2D eigenvalue weighted by Crippen LogP contribution is 2.30. The standard InChI is InChI=1S/C18H16BrN5O2S/c19-14-4-2-1-3-13(14)15-10-24(7-8-26-15)16-6-5-12(9-20-16)17(25)22-18-23-21-11-27-18/h1-6,9,11,15H,7-8,10H2,(H,22,23,25). The van der Waals surface area contributed by atoms with E-state index in [1.807, 2.05) is 24.3 Å². The number of rotatable bonds is 4. The SMILES string of the molecule is O=C(Nc1nncs1)c1ccc(N2CCOC(c3ccccc3Br)C2)nc1. The van der Waals surface area contributed by atoms with Gasteiger partial charge in [-0.3, -0.25) is 10.1 Å². The summed E-state index contributed by atoms with van der Waals surface area (Å²) in [6, 6.07) is 11.7. The Morgan fingerprint density at radius 2 is 2.19 bits per heavy atom. The van der Waals surface area contributed by atoms with Gasteiger partial charge < -0.3 is 9.64 Å². The summed E-state index contributed by atoms with van der Waals surface area (Å²) in [6.45, 7) is 2.07. The number of aromatic nitrogens is 3. The third-order valence-corrected chi connectivity index (χ3v) is 5.56. The summed E-state index contributed by atoms with van der Waals surface area (Å²) in [5.74, 6) is 0.571. The predicted molar refractivity (Wildman–Crippen MR) is 107 cm³/mol. The van der Waals surface area contributed by atoms with Crippen LogP contribution in [0.15, 0.2) is 52.6 Å². The van der Waals surface area contributed by atoms with E-state index >= 15 is 0 Å². The molecule has 0 radical (unpaired) electrons. The largest absolute Gasteiger partial charge is 0.370 e. The minimum atomic E-state index is -0.251. The van der Waals surface area contributed by atoms with Gasteiger partial charge in [-0.05, 0) is 23.8 Å². The van der Waals surface area contributed by atoms with Gasteiger partial charge in [0.15, 0.2) is 0 Å². The van der Waals surface area contributed by atoms with Crippen LogP contribution < -0.4 is 10.2 Å². The number of nitrogens with one attached hydrogen (secondary N) is 1. The predicted octanol–water partition coefficient (Wildman–Crippen LogP) is 3.53. The molecule has 4 rings (SSSR count). The molecule has 0 spiro atoms. The average molecular weight is 446 g/mol. The fourth-order valence-electron chi connectivity index (χ4n) is 2.89. The molecule has 0 saturated carbocycles. The van der Waals surface area contributed by atoms with Gasteiger partial charge in [-0.2, -0.15) is 0 Å². The fraction of sp³-hybridized carbons (Fsp3) is 0.222. The Kier molecular flexibility index (Phi) is 5.42. The zero-order chi connectivity index (χ0) is 18.6. The van der Waals surface area contributed by atoms with E-state index in [1.54, 1.807) is 17.8 Å². The van der Waals surface area contributed by atoms with E-state index in [-0.39, 0.29) is 12.0 Å². The van der Waals surface area contributed by atoms with E-state index in [1.165, 1.54) is 11.3 Å². The summed E-state index contributed by atoms with van der Waals surface area (Å²) in [7, 11) is 0. The van der Waals surface area contributed by atoms with Gasteiger partial charge in [0.2, 0.25) is 5.13 Å². The quantitative estimate of drug-likeness (QED) is 0.661. The second-order valence-corrected chi connectivity index (χ2v) is 7.62. The van der Waals surface area contributed by atoms with Gasteiger partial charge in [-0.1, -0.05) is 45.5 Å². The number of hydrogen-bond donors (Lipinski definition) is 1. The minimum absolute atomic E-state index is 0.0310. The number of halogens is 1. The van der Waals surface area contributed by atoms with Crippen molar-refractivity contribution >= 4 is 44.1 Å². The van der Waals surface area contributed by atoms with Gasteiger partial charge >= 0.3 is 0 Å². The molecule has 1 amide bonds. The van der Waals surface area contributed by atoms with Crippen molar-refractivity contribution in [1.29, 1.82) is 0 Å². The molecule has 1 aliphatic heterocycles. The molecule has 7 nitrogen and oxygen atoms in total. The average Bonchev–Trinajstić information content (AvgIpc) is 3.21. The number of benzene rings is 1. The Labute approximate surface area is 168 Å². The molecular weight excluding hydrogens is 430 g/mol. The fourth-order valence-corrected chi connectivity index (χ4v) is 3.87. The molecule has 138 valence electrons. The number of ether oxygens (including phenoxy) is 1. The van der Waals surface area contributed by atoms with Crippen molar-refractivity contribution in [2.45, 2.75) is 6.10 Å². The smallest absolute Gasteiger partial charge is 0.259 e. The van der Waals surface area contributed by atoms with Crippen molar-refractivity contribution in [3.63, 3.8) is 0 Å². The number of morpholine rings is 1. The number of amides is 1. The summed E-state index contributed by atoms with van der Waals surface area (Å²) in [4.78, 5) is 18.9. The summed E-state index contributed by atoms with van der Waals surface area (Å²) < 4.78 is 6.98. The molecule has 1 atom stereocenters. The Morgan fingerprint density at radius 3 is 2.93 bits per heavy atom. The van der Waals surface area contributed by atoms with Crippen LogP contribution >= 0.6 is 27.3 Å². The molecule has 3 heterocycles. The van der Waals surface area contributed by atoms with Crippen LogP contribution in [0, 0.1) is 0 Å². The molecule has 1 N–H and O–H groups in total. The number of nitrogens with zero attached hydrogens (tertiary/aromatic N) is 4. The Morgan fingerprint density at radius 1 is 1.30 bits per heavy atom. The summed E-state index contributed by atoms with van der Waals surface area (Å²) in [6.07, 6.45) is 1.55. The zero-order valence-electron chi connectivity index (χ0n) is 14.2. The maximum Gasteiger partial charge on any atom is 0.259 e. The van der Waals surface area contributed by atoms with E-state index in [0.717, 1.165) is 22.4 Å². The number of anilines is 2. The highest BCUT2D eigenvalue weighted by molar-refractivity contribution is 9.10. The Bertz CT molecular complexity index is 920. The molecular formula is C18H16BrN5O2S. The summed E-state index contributed by atoms with van der Waals surface area (Å²) in [5.41, 5.74) is 3.16. The highest BCUT2D eigenvalue weighted by atomic mass is 79.9. The number of carbonyl (C=O) groups is 1. The zero-order valence-corrected chi connectivity index (χ0v) is 16.6. The lowest BCUT2D eigenvalue weighted by atomic mass is 10.1. The molecule has 3 aromatic rings. The first-order chi connectivity index (χ1) is 13.2. The number of carbonyl (C=O) groups excluding carboxylic acids is 1. The molecule has 0 bridgehead atoms. The van der Waals surface area contributed by atoms with Crippen molar-refractivity contribution in [2.24, 2.45) is 0 Å². The lowest BCUT2D eigenvalue weighted by Crippen LogP contribution is -2.39. The van der Waals surface area contributed by atoms with Crippen LogP contribution in [-0.4, -0.2) is 40.8 Å². The van der Waals surface area contributed by atoms with Crippen molar-refractivity contribution < 1.29 is 9.53 Å². The van der Waals surface area contributed by atoms with Crippen molar-refractivity contribution in [1.82, 2.24) is 15.2 Å². The first-order valence-electron chi connectivity index (χ1n) is 8.35. The van der Waals surface area contributed by atoms with Crippen LogP contribution in [0.3, 0.4) is 0 Å². The van der Waals surface area contributed by atoms with E-state index in [9.17, 15) is 4.79 Å². The van der Waals surface area contributed by atoms with Crippen LogP contribution in [-0.2, 0) is 4.74 Å². The summed E-state index contributed by atoms with van der Waals surface area (Å²) >= 11 is 4.86. The second-order valence-electron chi connectivity index (χ2n) is 5.93. The maximum absolute atomic E-state index is 12.2. The molecule has 27 heavy (non-hydrogen) atoms. The molecule has 1 fully saturated rings. The molecule has 1 aliphatic rings. The molecule has 1 unspecified atom stereocenters. The second kappa shape index (κ2) is 8.12. The molecule has 0 aliphatic carbocycles. The molecule has 2 aromatic heterocycles. The van der Waals surface area contributed by atoms with E-state index < -0.39 is 0 Å². The van der Waals surface area contributed by atoms with Crippen LogP contribution in [0.4, 0.5) is 10.9 Å². The number of hydrogen-bond acceptors (Lipinski definition) is 7. The molecule has 9 heteroatoms. The minimum Gasteiger partial charge on any atom is -0.370 e. The van der Waals surface area contributed by atoms with Gasteiger partial charge in [0.25, 0.3) is 5.91 Å².